The van der Waals surface area contributed by atoms with Crippen molar-refractivity contribution >= 4 is 40.0 Å². The number of nitrogen functional groups attached to an aromatic ring is 1. The molecule has 0 saturated heterocycles. The minimum absolute atomic E-state index is 0.0948. The monoisotopic (exact) mass is 419 g/mol. The van der Waals surface area contributed by atoms with E-state index in [4.69, 9.17) is 38.1 Å². The van der Waals surface area contributed by atoms with Crippen molar-refractivity contribution < 1.29 is 13.5 Å². The second-order valence-corrected chi connectivity index (χ2v) is 7.17. The standard InChI is InChI=1S/C20H16Cl2FN3O2/c1-10(16-13(21)5-6-14(23)17(16)22)28-19-18-11(8-25-20(19)24)12(9-27-18)15-4-3-7-26(15)2/h3-10H,1-2H3,(H2,24,25). The Morgan fingerprint density at radius 1 is 1.29 bits per heavy atom. The minimum Gasteiger partial charge on any atom is -0.478 e. The van der Waals surface area contributed by atoms with Crippen LogP contribution < -0.4 is 10.5 Å². The average molecular weight is 420 g/mol. The van der Waals surface area contributed by atoms with E-state index in [0.717, 1.165) is 16.6 Å². The minimum atomic E-state index is -0.686. The van der Waals surface area contributed by atoms with E-state index in [0.29, 0.717) is 16.2 Å². The molecular formula is C20H16Cl2FN3O2. The van der Waals surface area contributed by atoms with Gasteiger partial charge in [0.05, 0.1) is 16.1 Å². The van der Waals surface area contributed by atoms with Gasteiger partial charge in [-0.15, -0.1) is 0 Å². The fraction of sp³-hybridized carbons (Fsp3) is 0.150. The van der Waals surface area contributed by atoms with Crippen molar-refractivity contribution in [2.24, 2.45) is 7.05 Å². The summed E-state index contributed by atoms with van der Waals surface area (Å²) in [6, 6.07) is 6.54. The number of ether oxygens (including phenoxy) is 1. The van der Waals surface area contributed by atoms with Crippen molar-refractivity contribution in [1.82, 2.24) is 9.55 Å². The Bertz CT molecular complexity index is 1190. The molecule has 3 heterocycles. The summed E-state index contributed by atoms with van der Waals surface area (Å²) in [4.78, 5) is 4.23. The molecule has 5 nitrogen and oxygen atoms in total. The summed E-state index contributed by atoms with van der Waals surface area (Å²) in [7, 11) is 1.94. The number of anilines is 1. The first-order valence-electron chi connectivity index (χ1n) is 8.46. The van der Waals surface area contributed by atoms with E-state index in [1.54, 1.807) is 19.4 Å². The molecule has 0 spiro atoms. The molecule has 0 saturated carbocycles. The van der Waals surface area contributed by atoms with Crippen molar-refractivity contribution in [1.29, 1.82) is 0 Å². The number of rotatable bonds is 4. The molecule has 0 fully saturated rings. The lowest BCUT2D eigenvalue weighted by atomic mass is 10.1. The number of fused-ring (bicyclic) bond motifs is 1. The van der Waals surface area contributed by atoms with E-state index in [1.807, 2.05) is 29.9 Å². The van der Waals surface area contributed by atoms with Crippen LogP contribution in [0, 0.1) is 5.82 Å². The Morgan fingerprint density at radius 3 is 2.79 bits per heavy atom. The number of pyridine rings is 1. The zero-order valence-electron chi connectivity index (χ0n) is 15.0. The molecule has 3 aromatic heterocycles. The molecule has 0 aliphatic rings. The van der Waals surface area contributed by atoms with Gasteiger partial charge in [-0.25, -0.2) is 9.37 Å². The van der Waals surface area contributed by atoms with E-state index in [-0.39, 0.29) is 16.6 Å². The third-order valence-electron chi connectivity index (χ3n) is 4.60. The van der Waals surface area contributed by atoms with Crippen LogP contribution in [-0.4, -0.2) is 9.55 Å². The van der Waals surface area contributed by atoms with Crippen LogP contribution in [-0.2, 0) is 7.05 Å². The van der Waals surface area contributed by atoms with E-state index < -0.39 is 11.9 Å². The Balaban J connectivity index is 1.80. The smallest absolute Gasteiger partial charge is 0.205 e. The number of nitrogens with two attached hydrogens (primary N) is 1. The molecule has 4 aromatic rings. The molecule has 0 aliphatic carbocycles. The molecule has 0 radical (unpaired) electrons. The Hall–Kier alpha value is -2.70. The molecule has 8 heteroatoms. The highest BCUT2D eigenvalue weighted by Crippen LogP contribution is 2.41. The molecular weight excluding hydrogens is 404 g/mol. The zero-order valence-corrected chi connectivity index (χ0v) is 16.6. The lowest BCUT2D eigenvalue weighted by molar-refractivity contribution is 0.227. The molecule has 1 unspecified atom stereocenters. The van der Waals surface area contributed by atoms with Gasteiger partial charge in [-0.05, 0) is 31.2 Å². The van der Waals surface area contributed by atoms with Gasteiger partial charge in [-0.3, -0.25) is 0 Å². The molecule has 0 bridgehead atoms. The number of benzene rings is 1. The third kappa shape index (κ3) is 2.99. The highest BCUT2D eigenvalue weighted by atomic mass is 35.5. The van der Waals surface area contributed by atoms with E-state index in [1.165, 1.54) is 12.1 Å². The molecule has 1 atom stereocenters. The summed E-state index contributed by atoms with van der Waals surface area (Å²) in [6.45, 7) is 1.70. The number of hydrogen-bond acceptors (Lipinski definition) is 4. The van der Waals surface area contributed by atoms with Crippen molar-refractivity contribution in [3.8, 4) is 17.0 Å². The number of furan rings is 1. The molecule has 2 N–H and O–H groups in total. The first-order chi connectivity index (χ1) is 13.4. The van der Waals surface area contributed by atoms with Gasteiger partial charge in [0.15, 0.2) is 11.4 Å². The summed E-state index contributed by atoms with van der Waals surface area (Å²) in [5.74, 6) is -0.178. The Morgan fingerprint density at radius 2 is 2.07 bits per heavy atom. The van der Waals surface area contributed by atoms with Gasteiger partial charge in [0, 0.05) is 35.6 Å². The molecule has 4 rings (SSSR count). The van der Waals surface area contributed by atoms with Gasteiger partial charge in [0.25, 0.3) is 0 Å². The van der Waals surface area contributed by atoms with Crippen LogP contribution in [0.1, 0.15) is 18.6 Å². The van der Waals surface area contributed by atoms with Crippen LogP contribution in [0.4, 0.5) is 10.2 Å². The first-order valence-corrected chi connectivity index (χ1v) is 9.21. The van der Waals surface area contributed by atoms with Gasteiger partial charge in [-0.2, -0.15) is 0 Å². The normalized spacial score (nSPS) is 12.5. The maximum Gasteiger partial charge on any atom is 0.205 e. The Kier molecular flexibility index (Phi) is 4.69. The molecule has 28 heavy (non-hydrogen) atoms. The Labute approximate surface area is 170 Å². The molecule has 144 valence electrons. The van der Waals surface area contributed by atoms with Crippen molar-refractivity contribution in [2.75, 3.05) is 5.73 Å². The van der Waals surface area contributed by atoms with Crippen LogP contribution >= 0.6 is 23.2 Å². The molecule has 0 aliphatic heterocycles. The van der Waals surface area contributed by atoms with Gasteiger partial charge in [0.1, 0.15) is 18.2 Å². The zero-order chi connectivity index (χ0) is 20.0. The number of nitrogens with zero attached hydrogens (tertiary/aromatic N) is 2. The van der Waals surface area contributed by atoms with Gasteiger partial charge < -0.3 is 19.5 Å². The lowest BCUT2D eigenvalue weighted by Crippen LogP contribution is -2.08. The highest BCUT2D eigenvalue weighted by Gasteiger charge is 2.23. The van der Waals surface area contributed by atoms with Gasteiger partial charge >= 0.3 is 0 Å². The molecule has 0 amide bonds. The summed E-state index contributed by atoms with van der Waals surface area (Å²) in [5.41, 5.74) is 8.62. The predicted octanol–water partition coefficient (Wildman–Crippen LogP) is 6.00. The van der Waals surface area contributed by atoms with E-state index in [9.17, 15) is 4.39 Å². The number of aromatic nitrogens is 2. The largest absolute Gasteiger partial charge is 0.478 e. The summed E-state index contributed by atoms with van der Waals surface area (Å²) in [5, 5.41) is 0.943. The van der Waals surface area contributed by atoms with E-state index >= 15 is 0 Å². The van der Waals surface area contributed by atoms with Gasteiger partial charge in [-0.1, -0.05) is 23.2 Å². The summed E-state index contributed by atoms with van der Waals surface area (Å²) in [6.07, 6.45) is 4.51. The van der Waals surface area contributed by atoms with Crippen LogP contribution in [0.5, 0.6) is 5.75 Å². The average Bonchev–Trinajstić information content (AvgIpc) is 3.26. The third-order valence-corrected chi connectivity index (χ3v) is 5.32. The topological polar surface area (TPSA) is 66.2 Å². The van der Waals surface area contributed by atoms with Crippen LogP contribution in [0.3, 0.4) is 0 Å². The maximum absolute atomic E-state index is 13.9. The van der Waals surface area contributed by atoms with Crippen molar-refractivity contribution in [3.63, 3.8) is 0 Å². The first kappa shape index (κ1) is 18.7. The quantitative estimate of drug-likeness (QED) is 0.411. The lowest BCUT2D eigenvalue weighted by Gasteiger charge is -2.18. The summed E-state index contributed by atoms with van der Waals surface area (Å²) >= 11 is 12.3. The number of hydrogen-bond donors (Lipinski definition) is 1. The van der Waals surface area contributed by atoms with Gasteiger partial charge in [0.2, 0.25) is 5.75 Å². The highest BCUT2D eigenvalue weighted by molar-refractivity contribution is 6.36. The van der Waals surface area contributed by atoms with Crippen LogP contribution in [0.25, 0.3) is 22.2 Å². The molecule has 1 aromatic carbocycles. The predicted molar refractivity (Wildman–Crippen MR) is 108 cm³/mol. The second kappa shape index (κ2) is 7.04. The van der Waals surface area contributed by atoms with Crippen LogP contribution in [0.2, 0.25) is 10.0 Å². The van der Waals surface area contributed by atoms with Crippen LogP contribution in [0.15, 0.2) is 47.3 Å². The number of aryl methyl sites for hydroxylation is 1. The fourth-order valence-corrected chi connectivity index (χ4v) is 3.86. The maximum atomic E-state index is 13.9. The van der Waals surface area contributed by atoms with E-state index in [2.05, 4.69) is 4.98 Å². The SMILES string of the molecule is CC(Oc1c(N)ncc2c(-c3cccn3C)coc12)c1c(Cl)ccc(F)c1Cl. The summed E-state index contributed by atoms with van der Waals surface area (Å²) < 4.78 is 27.6. The van der Waals surface area contributed by atoms with Crippen molar-refractivity contribution in [2.45, 2.75) is 13.0 Å². The van der Waals surface area contributed by atoms with Crippen molar-refractivity contribution in [3.05, 3.63) is 64.3 Å². The number of halogens is 3. The second-order valence-electron chi connectivity index (χ2n) is 6.39. The fourth-order valence-electron chi connectivity index (χ4n) is 3.18.